The van der Waals surface area contributed by atoms with Crippen molar-refractivity contribution in [3.8, 4) is 0 Å². The molecule has 27 heavy (non-hydrogen) atoms. The smallest absolute Gasteiger partial charge is 0.321 e. The number of rotatable bonds is 4. The van der Waals surface area contributed by atoms with Crippen molar-refractivity contribution in [3.63, 3.8) is 0 Å². The van der Waals surface area contributed by atoms with Gasteiger partial charge in [0.1, 0.15) is 0 Å². The molecule has 1 aromatic carbocycles. The van der Waals surface area contributed by atoms with Gasteiger partial charge in [-0.3, -0.25) is 9.59 Å². The van der Waals surface area contributed by atoms with E-state index in [0.29, 0.717) is 37.3 Å². The lowest BCUT2D eigenvalue weighted by Crippen LogP contribution is -2.42. The number of piperidine rings is 1. The van der Waals surface area contributed by atoms with E-state index in [1.807, 2.05) is 6.07 Å². The molecule has 0 radical (unpaired) electrons. The van der Waals surface area contributed by atoms with E-state index in [1.54, 1.807) is 23.1 Å². The van der Waals surface area contributed by atoms with Crippen LogP contribution in [-0.4, -0.2) is 41.0 Å². The predicted molar refractivity (Wildman–Crippen MR) is 103 cm³/mol. The van der Waals surface area contributed by atoms with Gasteiger partial charge in [-0.05, 0) is 43.9 Å². The van der Waals surface area contributed by atoms with Gasteiger partial charge in [0.15, 0.2) is 0 Å². The molecule has 0 aromatic heterocycles. The molecule has 1 heterocycles. The van der Waals surface area contributed by atoms with Crippen molar-refractivity contribution >= 4 is 29.3 Å². The lowest BCUT2D eigenvalue weighted by atomic mass is 9.88. The molecular weight excluding hydrogens is 346 g/mol. The van der Waals surface area contributed by atoms with Crippen LogP contribution in [0.3, 0.4) is 0 Å². The fraction of sp³-hybridized carbons (Fsp3) is 0.550. The van der Waals surface area contributed by atoms with E-state index in [4.69, 9.17) is 5.11 Å². The number of carboxylic acid groups (broad SMARTS) is 1. The third-order valence-electron chi connectivity index (χ3n) is 5.49. The molecule has 7 nitrogen and oxygen atoms in total. The van der Waals surface area contributed by atoms with Crippen molar-refractivity contribution in [1.82, 2.24) is 4.90 Å². The number of likely N-dealkylation sites (tertiary alicyclic amines) is 1. The van der Waals surface area contributed by atoms with Gasteiger partial charge in [0, 0.05) is 30.4 Å². The number of carbonyl (C=O) groups excluding carboxylic acids is 2. The Bertz CT molecular complexity index is 692. The van der Waals surface area contributed by atoms with Gasteiger partial charge in [0.05, 0.1) is 5.92 Å². The number of benzene rings is 1. The number of hydrogen-bond donors (Lipinski definition) is 3. The highest BCUT2D eigenvalue weighted by Crippen LogP contribution is 2.26. The summed E-state index contributed by atoms with van der Waals surface area (Å²) in [5.41, 5.74) is 1.29. The monoisotopic (exact) mass is 373 g/mol. The summed E-state index contributed by atoms with van der Waals surface area (Å²) in [5, 5.41) is 14.8. The topological polar surface area (TPSA) is 98.7 Å². The van der Waals surface area contributed by atoms with Crippen LogP contribution < -0.4 is 10.6 Å². The number of carbonyl (C=O) groups is 3. The minimum Gasteiger partial charge on any atom is -0.481 e. The van der Waals surface area contributed by atoms with Gasteiger partial charge in [-0.15, -0.1) is 0 Å². The molecule has 0 atom stereocenters. The first-order chi connectivity index (χ1) is 13.0. The molecule has 1 aromatic rings. The van der Waals surface area contributed by atoms with Gasteiger partial charge >= 0.3 is 12.0 Å². The average Bonchev–Trinajstić information content (AvgIpc) is 2.69. The lowest BCUT2D eigenvalue weighted by Gasteiger charge is -2.30. The molecule has 0 bridgehead atoms. The number of anilines is 2. The third kappa shape index (κ3) is 5.21. The van der Waals surface area contributed by atoms with Crippen molar-refractivity contribution in [1.29, 1.82) is 0 Å². The summed E-state index contributed by atoms with van der Waals surface area (Å²) in [5.74, 6) is -1.04. The standard InChI is InChI=1S/C20H27N3O4/c24-18(14-5-2-1-3-6-14)21-16-7-4-8-17(13-16)22-20(27)23-11-9-15(10-12-23)19(25)26/h4,7-8,13-15H,1-3,5-6,9-12H2,(H,21,24)(H,22,27)(H,25,26). The largest absolute Gasteiger partial charge is 0.481 e. The van der Waals surface area contributed by atoms with Crippen molar-refractivity contribution in [2.75, 3.05) is 23.7 Å². The summed E-state index contributed by atoms with van der Waals surface area (Å²) >= 11 is 0. The van der Waals surface area contributed by atoms with Gasteiger partial charge in [-0.25, -0.2) is 4.79 Å². The highest BCUT2D eigenvalue weighted by molar-refractivity contribution is 5.94. The van der Waals surface area contributed by atoms with Crippen LogP contribution in [0.2, 0.25) is 0 Å². The second kappa shape index (κ2) is 8.88. The Morgan fingerprint density at radius 1 is 0.889 bits per heavy atom. The van der Waals surface area contributed by atoms with Crippen LogP contribution in [0.4, 0.5) is 16.2 Å². The minimum atomic E-state index is -0.795. The molecule has 2 aliphatic rings. The first kappa shape index (κ1) is 19.2. The Hall–Kier alpha value is -2.57. The van der Waals surface area contributed by atoms with E-state index < -0.39 is 5.97 Å². The maximum Gasteiger partial charge on any atom is 0.321 e. The number of carboxylic acids is 1. The zero-order valence-electron chi connectivity index (χ0n) is 15.4. The van der Waals surface area contributed by atoms with Gasteiger partial charge in [-0.2, -0.15) is 0 Å². The molecule has 3 amide bonds. The summed E-state index contributed by atoms with van der Waals surface area (Å²) in [6, 6.07) is 6.90. The van der Waals surface area contributed by atoms with Gasteiger partial charge in [0.25, 0.3) is 0 Å². The van der Waals surface area contributed by atoms with Crippen LogP contribution in [-0.2, 0) is 9.59 Å². The Labute approximate surface area is 159 Å². The SMILES string of the molecule is O=C(O)C1CCN(C(=O)Nc2cccc(NC(=O)C3CCCCC3)c2)CC1. The second-order valence-corrected chi connectivity index (χ2v) is 7.43. The molecule has 1 aliphatic carbocycles. The van der Waals surface area contributed by atoms with E-state index in [-0.39, 0.29) is 23.8 Å². The minimum absolute atomic E-state index is 0.0499. The molecule has 0 unspecified atom stereocenters. The molecule has 3 rings (SSSR count). The van der Waals surface area contributed by atoms with Crippen molar-refractivity contribution < 1.29 is 19.5 Å². The zero-order chi connectivity index (χ0) is 19.2. The number of hydrogen-bond acceptors (Lipinski definition) is 3. The molecule has 0 spiro atoms. The lowest BCUT2D eigenvalue weighted by molar-refractivity contribution is -0.143. The summed E-state index contributed by atoms with van der Waals surface area (Å²) in [7, 11) is 0. The van der Waals surface area contributed by atoms with Gasteiger partial charge in [-0.1, -0.05) is 25.3 Å². The summed E-state index contributed by atoms with van der Waals surface area (Å²) in [6.07, 6.45) is 6.23. The van der Waals surface area contributed by atoms with Crippen molar-refractivity contribution in [2.24, 2.45) is 11.8 Å². The quantitative estimate of drug-likeness (QED) is 0.752. The van der Waals surface area contributed by atoms with E-state index in [2.05, 4.69) is 10.6 Å². The summed E-state index contributed by atoms with van der Waals surface area (Å²) < 4.78 is 0. The molecule has 2 fully saturated rings. The summed E-state index contributed by atoms with van der Waals surface area (Å²) in [4.78, 5) is 37.4. The normalized spacial score (nSPS) is 18.7. The predicted octanol–water partition coefficient (Wildman–Crippen LogP) is 3.53. The number of urea groups is 1. The molecule has 1 saturated carbocycles. The van der Waals surface area contributed by atoms with Crippen LogP contribution in [0, 0.1) is 11.8 Å². The maximum atomic E-state index is 12.4. The second-order valence-electron chi connectivity index (χ2n) is 7.43. The fourth-order valence-corrected chi connectivity index (χ4v) is 3.82. The summed E-state index contributed by atoms with van der Waals surface area (Å²) in [6.45, 7) is 0.863. The molecule has 1 saturated heterocycles. The van der Waals surface area contributed by atoms with E-state index in [0.717, 1.165) is 25.7 Å². The average molecular weight is 373 g/mol. The van der Waals surface area contributed by atoms with Gasteiger partial charge < -0.3 is 20.6 Å². The maximum absolute atomic E-state index is 12.4. The van der Waals surface area contributed by atoms with Crippen LogP contribution in [0.1, 0.15) is 44.9 Å². The van der Waals surface area contributed by atoms with E-state index in [9.17, 15) is 14.4 Å². The molecular formula is C20H27N3O4. The Balaban J connectivity index is 1.53. The van der Waals surface area contributed by atoms with E-state index in [1.165, 1.54) is 6.42 Å². The molecule has 146 valence electrons. The number of amides is 3. The Kier molecular flexibility index (Phi) is 6.32. The van der Waals surface area contributed by atoms with Gasteiger partial charge in [0.2, 0.25) is 5.91 Å². The van der Waals surface area contributed by atoms with Crippen LogP contribution in [0.5, 0.6) is 0 Å². The zero-order valence-corrected chi connectivity index (χ0v) is 15.4. The van der Waals surface area contributed by atoms with Crippen LogP contribution in [0.15, 0.2) is 24.3 Å². The molecule has 3 N–H and O–H groups in total. The highest BCUT2D eigenvalue weighted by Gasteiger charge is 2.27. The van der Waals surface area contributed by atoms with Crippen LogP contribution in [0.25, 0.3) is 0 Å². The van der Waals surface area contributed by atoms with Crippen molar-refractivity contribution in [3.05, 3.63) is 24.3 Å². The molecule has 7 heteroatoms. The highest BCUT2D eigenvalue weighted by atomic mass is 16.4. The first-order valence-corrected chi connectivity index (χ1v) is 9.72. The number of nitrogens with one attached hydrogen (secondary N) is 2. The van der Waals surface area contributed by atoms with Crippen LogP contribution >= 0.6 is 0 Å². The molecule has 1 aliphatic heterocycles. The number of nitrogens with zero attached hydrogens (tertiary/aromatic N) is 1. The fourth-order valence-electron chi connectivity index (χ4n) is 3.82. The van der Waals surface area contributed by atoms with Crippen molar-refractivity contribution in [2.45, 2.75) is 44.9 Å². The Morgan fingerprint density at radius 3 is 2.15 bits per heavy atom. The van der Waals surface area contributed by atoms with E-state index >= 15 is 0 Å². The third-order valence-corrected chi connectivity index (χ3v) is 5.49. The Morgan fingerprint density at radius 2 is 1.52 bits per heavy atom. The first-order valence-electron chi connectivity index (χ1n) is 9.72. The number of aliphatic carboxylic acids is 1.